The minimum absolute atomic E-state index is 0.0502. The molecular weight excluding hydrogens is 358 g/mol. The minimum Gasteiger partial charge on any atom is -0.462 e. The third-order valence-corrected chi connectivity index (χ3v) is 6.25. The first kappa shape index (κ1) is 19.8. The van der Waals surface area contributed by atoms with Crippen molar-refractivity contribution in [3.05, 3.63) is 35.0 Å². The van der Waals surface area contributed by atoms with Crippen LogP contribution in [0.4, 0.5) is 0 Å². The number of carbonyl (C=O) groups excluding carboxylic acids is 1. The molecule has 0 atom stereocenters. The second-order valence-electron chi connectivity index (χ2n) is 7.22. The van der Waals surface area contributed by atoms with Crippen molar-refractivity contribution in [1.29, 1.82) is 5.41 Å². The van der Waals surface area contributed by atoms with Crippen LogP contribution in [-0.2, 0) is 17.5 Å². The Morgan fingerprint density at radius 2 is 2.00 bits per heavy atom. The molecule has 27 heavy (non-hydrogen) atoms. The highest BCUT2D eigenvalue weighted by atomic mass is 32.2. The fourth-order valence-electron chi connectivity index (χ4n) is 4.12. The Hall–Kier alpha value is -1.95. The van der Waals surface area contributed by atoms with Crippen LogP contribution in [0, 0.1) is 5.41 Å². The Morgan fingerprint density at radius 3 is 2.63 bits per heavy atom. The number of carbonyl (C=O) groups is 1. The topological polar surface area (TPSA) is 81.1 Å². The molecule has 1 fully saturated rings. The van der Waals surface area contributed by atoms with Crippen LogP contribution < -0.4 is 5.73 Å². The molecule has 146 valence electrons. The van der Waals surface area contributed by atoms with E-state index in [1.54, 1.807) is 0 Å². The molecule has 1 aromatic heterocycles. The summed E-state index contributed by atoms with van der Waals surface area (Å²) < 4.78 is 7.38. The Balaban J connectivity index is 2.05. The number of thioether (sulfide) groups is 1. The molecule has 1 aliphatic carbocycles. The highest BCUT2D eigenvalue weighted by Gasteiger charge is 2.24. The molecule has 0 bridgehead atoms. The van der Waals surface area contributed by atoms with Crippen LogP contribution in [0.25, 0.3) is 10.9 Å². The number of esters is 1. The van der Waals surface area contributed by atoms with E-state index >= 15 is 0 Å². The summed E-state index contributed by atoms with van der Waals surface area (Å²) in [5.41, 5.74) is 9.42. The summed E-state index contributed by atoms with van der Waals surface area (Å²) in [6, 6.07) is 6.50. The fraction of sp³-hybridized carbons (Fsp3) is 0.524. The lowest BCUT2D eigenvalue weighted by molar-refractivity contribution is 0.0527. The Labute approximate surface area is 165 Å². The maximum Gasteiger partial charge on any atom is 0.340 e. The Morgan fingerprint density at radius 1 is 1.30 bits per heavy atom. The van der Waals surface area contributed by atoms with Gasteiger partial charge >= 0.3 is 5.97 Å². The van der Waals surface area contributed by atoms with Gasteiger partial charge in [0.2, 0.25) is 0 Å². The summed E-state index contributed by atoms with van der Waals surface area (Å²) in [5, 5.41) is 8.49. The van der Waals surface area contributed by atoms with Crippen LogP contribution in [0.3, 0.4) is 0 Å². The molecule has 1 aliphatic rings. The average molecular weight is 388 g/mol. The predicted molar refractivity (Wildman–Crippen MR) is 113 cm³/mol. The lowest BCUT2D eigenvalue weighted by Gasteiger charge is -2.15. The quantitative estimate of drug-likeness (QED) is 0.330. The molecule has 1 aromatic carbocycles. The number of nitrogens with one attached hydrogen (secondary N) is 1. The molecule has 0 saturated heterocycles. The van der Waals surface area contributed by atoms with Crippen molar-refractivity contribution in [2.45, 2.75) is 57.1 Å². The first-order valence-corrected chi connectivity index (χ1v) is 10.8. The van der Waals surface area contributed by atoms with Gasteiger partial charge < -0.3 is 15.0 Å². The van der Waals surface area contributed by atoms with Crippen LogP contribution in [0.15, 0.2) is 18.2 Å². The molecule has 3 rings (SSSR count). The van der Waals surface area contributed by atoms with E-state index in [0.29, 0.717) is 23.8 Å². The van der Waals surface area contributed by atoms with E-state index in [9.17, 15) is 4.79 Å². The van der Waals surface area contributed by atoms with Crippen molar-refractivity contribution >= 4 is 33.8 Å². The molecule has 1 heterocycles. The zero-order chi connectivity index (χ0) is 19.4. The molecule has 0 spiro atoms. The number of aromatic nitrogens is 1. The van der Waals surface area contributed by atoms with Gasteiger partial charge in [-0.1, -0.05) is 49.6 Å². The first-order valence-electron chi connectivity index (χ1n) is 9.78. The number of ether oxygens (including phenoxy) is 1. The molecule has 0 amide bonds. The number of nitrogens with two attached hydrogens (primary N) is 1. The van der Waals surface area contributed by atoms with E-state index in [0.717, 1.165) is 16.6 Å². The van der Waals surface area contributed by atoms with Gasteiger partial charge in [-0.15, -0.1) is 0 Å². The number of amidine groups is 1. The van der Waals surface area contributed by atoms with Gasteiger partial charge in [-0.25, -0.2) is 4.79 Å². The van der Waals surface area contributed by atoms with Crippen molar-refractivity contribution in [3.63, 3.8) is 0 Å². The molecule has 5 nitrogen and oxygen atoms in total. The smallest absolute Gasteiger partial charge is 0.340 e. The second-order valence-corrected chi connectivity index (χ2v) is 8.24. The predicted octanol–water partition coefficient (Wildman–Crippen LogP) is 4.92. The maximum atomic E-state index is 12.6. The van der Waals surface area contributed by atoms with E-state index in [2.05, 4.69) is 22.8 Å². The number of aryl methyl sites for hydroxylation is 1. The third-order valence-electron chi connectivity index (χ3n) is 5.52. The number of fused-ring (bicyclic) bond motifs is 1. The standard InChI is InChI=1S/C21H29N3O2S/c1-3-26-20(25)19-16-11-10-15(14-8-6-4-5-7-9-14)12-17(16)24(2)18(19)13-27-21(22)23/h10-12,14H,3-9,13H2,1-2H3,(H3,22,23). The van der Waals surface area contributed by atoms with Crippen molar-refractivity contribution in [2.75, 3.05) is 6.61 Å². The highest BCUT2D eigenvalue weighted by Crippen LogP contribution is 2.35. The van der Waals surface area contributed by atoms with E-state index in [4.69, 9.17) is 15.9 Å². The van der Waals surface area contributed by atoms with Crippen LogP contribution in [0.2, 0.25) is 0 Å². The summed E-state index contributed by atoms with van der Waals surface area (Å²) in [6.45, 7) is 2.16. The first-order chi connectivity index (χ1) is 13.0. The molecule has 3 N–H and O–H groups in total. The van der Waals surface area contributed by atoms with Crippen molar-refractivity contribution in [3.8, 4) is 0 Å². The monoisotopic (exact) mass is 387 g/mol. The van der Waals surface area contributed by atoms with E-state index in [-0.39, 0.29) is 11.1 Å². The SMILES string of the molecule is CCOC(=O)c1c(CSC(=N)N)n(C)c2cc(C3CCCCCC3)ccc12. The summed E-state index contributed by atoms with van der Waals surface area (Å²) in [7, 11) is 1.98. The highest BCUT2D eigenvalue weighted by molar-refractivity contribution is 8.13. The molecule has 0 radical (unpaired) electrons. The summed E-state index contributed by atoms with van der Waals surface area (Å²) in [4.78, 5) is 12.6. The number of rotatable bonds is 5. The van der Waals surface area contributed by atoms with E-state index in [1.165, 1.54) is 55.9 Å². The lowest BCUT2D eigenvalue weighted by Crippen LogP contribution is -2.10. The van der Waals surface area contributed by atoms with E-state index < -0.39 is 0 Å². The van der Waals surface area contributed by atoms with Crippen LogP contribution >= 0.6 is 11.8 Å². The number of nitrogens with zero attached hydrogens (tertiary/aromatic N) is 1. The summed E-state index contributed by atoms with van der Waals surface area (Å²) >= 11 is 1.23. The Kier molecular flexibility index (Phi) is 6.47. The molecular formula is C21H29N3O2S. The minimum atomic E-state index is -0.301. The number of hydrogen-bond acceptors (Lipinski definition) is 4. The largest absolute Gasteiger partial charge is 0.462 e. The van der Waals surface area contributed by atoms with Gasteiger partial charge in [-0.2, -0.15) is 0 Å². The second kappa shape index (κ2) is 8.83. The van der Waals surface area contributed by atoms with Gasteiger partial charge in [0.05, 0.1) is 12.2 Å². The van der Waals surface area contributed by atoms with E-state index in [1.807, 2.05) is 14.0 Å². The fourth-order valence-corrected chi connectivity index (χ4v) is 4.75. The zero-order valence-electron chi connectivity index (χ0n) is 16.2. The third kappa shape index (κ3) is 4.32. The van der Waals surface area contributed by atoms with Crippen LogP contribution in [0.1, 0.15) is 73.0 Å². The summed E-state index contributed by atoms with van der Waals surface area (Å²) in [5.74, 6) is 0.783. The van der Waals surface area contributed by atoms with Crippen molar-refractivity contribution in [1.82, 2.24) is 4.57 Å². The average Bonchev–Trinajstić information content (AvgIpc) is 2.82. The number of benzene rings is 1. The lowest BCUT2D eigenvalue weighted by atomic mass is 9.91. The number of hydrogen-bond donors (Lipinski definition) is 2. The molecule has 6 heteroatoms. The van der Waals surface area contributed by atoms with Gasteiger partial charge in [-0.3, -0.25) is 5.41 Å². The van der Waals surface area contributed by atoms with Gasteiger partial charge in [0, 0.05) is 29.4 Å². The van der Waals surface area contributed by atoms with Crippen molar-refractivity contribution in [2.24, 2.45) is 12.8 Å². The van der Waals surface area contributed by atoms with Crippen LogP contribution in [-0.4, -0.2) is 22.3 Å². The molecule has 1 saturated carbocycles. The van der Waals surface area contributed by atoms with Gasteiger partial charge in [-0.05, 0) is 37.3 Å². The van der Waals surface area contributed by atoms with Crippen molar-refractivity contribution < 1.29 is 9.53 Å². The maximum absolute atomic E-state index is 12.6. The Bertz CT molecular complexity index is 836. The van der Waals surface area contributed by atoms with Gasteiger partial charge in [0.1, 0.15) is 0 Å². The zero-order valence-corrected chi connectivity index (χ0v) is 17.0. The summed E-state index contributed by atoms with van der Waals surface area (Å²) in [6.07, 6.45) is 7.75. The molecule has 2 aromatic rings. The van der Waals surface area contributed by atoms with Gasteiger partial charge in [0.25, 0.3) is 0 Å². The normalized spacial score (nSPS) is 15.6. The molecule has 0 aliphatic heterocycles. The van der Waals surface area contributed by atoms with Crippen LogP contribution in [0.5, 0.6) is 0 Å². The molecule has 0 unspecified atom stereocenters. The van der Waals surface area contributed by atoms with Gasteiger partial charge in [0.15, 0.2) is 5.17 Å².